The number of aliphatic hydroxyl groups excluding tert-OH is 1. The molecule has 4 heterocycles. The molecule has 2 aromatic heterocycles. The number of aromatic nitrogens is 4. The van der Waals surface area contributed by atoms with Gasteiger partial charge in [-0.05, 0) is 24.3 Å². The quantitative estimate of drug-likeness (QED) is 0.266. The molecule has 1 N–H and O–H groups in total. The van der Waals surface area contributed by atoms with Crippen LogP contribution in [0.4, 0.5) is 19.7 Å². The molecule has 0 saturated carbocycles. The van der Waals surface area contributed by atoms with Gasteiger partial charge in [-0.25, -0.2) is 18.7 Å². The summed E-state index contributed by atoms with van der Waals surface area (Å²) >= 11 is 0. The van der Waals surface area contributed by atoms with Crippen LogP contribution in [0.15, 0.2) is 54.1 Å². The van der Waals surface area contributed by atoms with Crippen molar-refractivity contribution in [1.29, 1.82) is 0 Å². The monoisotopic (exact) mass is 570 g/mol. The molecule has 0 bridgehead atoms. The van der Waals surface area contributed by atoms with Gasteiger partial charge in [0.1, 0.15) is 37.0 Å². The largest absolute Gasteiger partial charge is 0.508 e. The lowest BCUT2D eigenvalue weighted by Crippen LogP contribution is -2.32. The number of cyclic esters (lactones) is 1. The molecule has 0 spiro atoms. The minimum absolute atomic E-state index is 0.0352. The Bertz CT molecular complexity index is 1390. The molecular weight excluding hydrogens is 543 g/mol. The third-order valence-electron chi connectivity index (χ3n) is 6.37. The summed E-state index contributed by atoms with van der Waals surface area (Å²) in [4.78, 5) is 34.9. The standard InChI is InChI=1S/C26H27FN6O8/c1-37-8-9-38-26(36)39-15-23(34)24-11-22(30-41-24)21-5-2-16(12-28-21)19-4-3-17(10-20(19)27)33-14-18(40-25(33)35)13-32-7-6-29-31-32/h2-7,10,12,18,23-24,34H,8-9,11,13-15H2,1H3/t18-,23?,24-/m0/s1. The van der Waals surface area contributed by atoms with Crippen LogP contribution >= 0.6 is 0 Å². The van der Waals surface area contributed by atoms with Crippen LogP contribution in [0.5, 0.6) is 0 Å². The summed E-state index contributed by atoms with van der Waals surface area (Å²) in [5, 5.41) is 21.9. The van der Waals surface area contributed by atoms with E-state index in [1.165, 1.54) is 30.5 Å². The molecule has 0 aliphatic carbocycles. The predicted octanol–water partition coefficient (Wildman–Crippen LogP) is 2.16. The van der Waals surface area contributed by atoms with Crippen LogP contribution in [-0.2, 0) is 30.3 Å². The van der Waals surface area contributed by atoms with Crippen LogP contribution in [0.2, 0.25) is 0 Å². The molecule has 1 unspecified atom stereocenters. The Hall–Kier alpha value is -4.63. The van der Waals surface area contributed by atoms with Crippen molar-refractivity contribution in [2.75, 3.05) is 38.4 Å². The lowest BCUT2D eigenvalue weighted by molar-refractivity contribution is -0.0551. The van der Waals surface area contributed by atoms with Gasteiger partial charge in [-0.3, -0.25) is 9.88 Å². The van der Waals surface area contributed by atoms with E-state index in [-0.39, 0.29) is 32.8 Å². The Kier molecular flexibility index (Phi) is 8.64. The van der Waals surface area contributed by atoms with E-state index in [9.17, 15) is 14.7 Å². The summed E-state index contributed by atoms with van der Waals surface area (Å²) in [6.07, 6.45) is 1.11. The zero-order chi connectivity index (χ0) is 28.8. The average Bonchev–Trinajstić information content (AvgIpc) is 3.74. The van der Waals surface area contributed by atoms with E-state index in [1.54, 1.807) is 35.1 Å². The number of hydrogen-bond acceptors (Lipinski definition) is 12. The highest BCUT2D eigenvalue weighted by atomic mass is 19.1. The van der Waals surface area contributed by atoms with Gasteiger partial charge in [0.2, 0.25) is 0 Å². The third kappa shape index (κ3) is 6.75. The molecule has 216 valence electrons. The lowest BCUT2D eigenvalue weighted by atomic mass is 10.0. The van der Waals surface area contributed by atoms with E-state index in [4.69, 9.17) is 23.8 Å². The van der Waals surface area contributed by atoms with Crippen LogP contribution in [-0.4, -0.2) is 94.8 Å². The molecule has 1 amide bonds. The van der Waals surface area contributed by atoms with Crippen LogP contribution < -0.4 is 4.90 Å². The summed E-state index contributed by atoms with van der Waals surface area (Å²) in [5.41, 5.74) is 2.15. The zero-order valence-corrected chi connectivity index (χ0v) is 22.0. The topological polar surface area (TPSA) is 160 Å². The van der Waals surface area contributed by atoms with Crippen LogP contribution in [0.25, 0.3) is 11.1 Å². The first-order valence-corrected chi connectivity index (χ1v) is 12.7. The van der Waals surface area contributed by atoms with Crippen molar-refractivity contribution in [3.05, 3.63) is 60.4 Å². The van der Waals surface area contributed by atoms with Crippen LogP contribution in [0, 0.1) is 5.82 Å². The molecule has 14 nitrogen and oxygen atoms in total. The van der Waals surface area contributed by atoms with Gasteiger partial charge in [0, 0.05) is 37.1 Å². The number of benzene rings is 1. The molecule has 1 fully saturated rings. The Morgan fingerprint density at radius 3 is 2.85 bits per heavy atom. The Labute approximate surface area is 233 Å². The number of aliphatic hydroxyl groups is 1. The van der Waals surface area contributed by atoms with E-state index in [2.05, 4.69) is 20.5 Å². The van der Waals surface area contributed by atoms with E-state index in [1.807, 2.05) is 0 Å². The summed E-state index contributed by atoms with van der Waals surface area (Å²) in [5.74, 6) is -0.532. The van der Waals surface area contributed by atoms with Gasteiger partial charge in [0.05, 0.1) is 37.3 Å². The number of ether oxygens (including phenoxy) is 4. The number of pyridine rings is 1. The summed E-state index contributed by atoms with van der Waals surface area (Å²) < 4.78 is 36.5. The Morgan fingerprint density at radius 1 is 1.24 bits per heavy atom. The van der Waals surface area contributed by atoms with Crippen molar-refractivity contribution < 1.29 is 42.9 Å². The average molecular weight is 571 g/mol. The van der Waals surface area contributed by atoms with Gasteiger partial charge in [0.25, 0.3) is 0 Å². The van der Waals surface area contributed by atoms with E-state index < -0.39 is 36.4 Å². The molecule has 3 atom stereocenters. The fraction of sp³-hybridized carbons (Fsp3) is 0.385. The molecule has 15 heteroatoms. The second-order valence-corrected chi connectivity index (χ2v) is 9.19. The minimum atomic E-state index is -1.14. The van der Waals surface area contributed by atoms with Gasteiger partial charge in [-0.1, -0.05) is 16.4 Å². The second-order valence-electron chi connectivity index (χ2n) is 9.19. The first-order valence-electron chi connectivity index (χ1n) is 12.7. The number of hydrogen-bond donors (Lipinski definition) is 1. The zero-order valence-electron chi connectivity index (χ0n) is 22.0. The second kappa shape index (κ2) is 12.7. The van der Waals surface area contributed by atoms with Gasteiger partial charge >= 0.3 is 12.2 Å². The number of nitrogens with zero attached hydrogens (tertiary/aromatic N) is 6. The number of halogens is 1. The normalized spacial score (nSPS) is 19.0. The fourth-order valence-corrected chi connectivity index (χ4v) is 4.26. The first kappa shape index (κ1) is 27.9. The summed E-state index contributed by atoms with van der Waals surface area (Å²) in [6.45, 7) is 0.519. The lowest BCUT2D eigenvalue weighted by Gasteiger charge is -2.16. The summed E-state index contributed by atoms with van der Waals surface area (Å²) in [7, 11) is 1.47. The van der Waals surface area contributed by atoms with Crippen molar-refractivity contribution in [3.8, 4) is 11.1 Å². The predicted molar refractivity (Wildman–Crippen MR) is 138 cm³/mol. The maximum Gasteiger partial charge on any atom is 0.508 e. The Morgan fingerprint density at radius 2 is 2.12 bits per heavy atom. The number of rotatable bonds is 11. The number of amides is 1. The van der Waals surface area contributed by atoms with Gasteiger partial charge in [0.15, 0.2) is 6.10 Å². The highest BCUT2D eigenvalue weighted by molar-refractivity contribution is 5.99. The molecule has 1 aromatic carbocycles. The molecule has 5 rings (SSSR count). The smallest absolute Gasteiger partial charge is 0.442 e. The Balaban J connectivity index is 1.15. The maximum absolute atomic E-state index is 15.1. The number of carbonyl (C=O) groups is 2. The molecule has 2 aliphatic rings. The van der Waals surface area contributed by atoms with Crippen molar-refractivity contribution in [2.24, 2.45) is 5.16 Å². The molecular formula is C26H27FN6O8. The van der Waals surface area contributed by atoms with E-state index in [0.29, 0.717) is 34.8 Å². The molecule has 3 aromatic rings. The molecule has 0 radical (unpaired) electrons. The van der Waals surface area contributed by atoms with E-state index in [0.717, 1.165) is 0 Å². The molecule has 41 heavy (non-hydrogen) atoms. The maximum atomic E-state index is 15.1. The van der Waals surface area contributed by atoms with Gasteiger partial charge < -0.3 is 28.9 Å². The summed E-state index contributed by atoms with van der Waals surface area (Å²) in [6, 6.07) is 7.84. The fourth-order valence-electron chi connectivity index (χ4n) is 4.26. The SMILES string of the molecule is COCCOC(=O)OCC(O)[C@@H]1CC(c2ccc(-c3ccc(N4C[C@H](Cn5ccnn5)OC4=O)cc3F)cn2)=NO1. The van der Waals surface area contributed by atoms with Crippen molar-refractivity contribution in [1.82, 2.24) is 20.0 Å². The van der Waals surface area contributed by atoms with Crippen molar-refractivity contribution in [2.45, 2.75) is 31.3 Å². The minimum Gasteiger partial charge on any atom is -0.442 e. The highest BCUT2D eigenvalue weighted by Gasteiger charge is 2.33. The van der Waals surface area contributed by atoms with Gasteiger partial charge in [-0.2, -0.15) is 0 Å². The number of methoxy groups -OCH3 is 1. The number of carbonyl (C=O) groups excluding carboxylic acids is 2. The van der Waals surface area contributed by atoms with Gasteiger partial charge in [-0.15, -0.1) is 5.10 Å². The molecule has 2 aliphatic heterocycles. The van der Waals surface area contributed by atoms with Crippen molar-refractivity contribution >= 4 is 23.6 Å². The van der Waals surface area contributed by atoms with Crippen LogP contribution in [0.3, 0.4) is 0 Å². The number of oxime groups is 1. The number of anilines is 1. The van der Waals surface area contributed by atoms with Crippen LogP contribution in [0.1, 0.15) is 12.1 Å². The van der Waals surface area contributed by atoms with E-state index >= 15 is 4.39 Å². The first-order chi connectivity index (χ1) is 19.9. The molecule has 1 saturated heterocycles. The highest BCUT2D eigenvalue weighted by Crippen LogP contribution is 2.29. The third-order valence-corrected chi connectivity index (χ3v) is 6.37. The van der Waals surface area contributed by atoms with Crippen molar-refractivity contribution in [3.63, 3.8) is 0 Å².